The number of ether oxygens (including phenoxy) is 1. The first-order valence-electron chi connectivity index (χ1n) is 3.68. The Morgan fingerprint density at radius 1 is 1.30 bits per heavy atom. The van der Waals surface area contributed by atoms with Crippen molar-refractivity contribution < 1.29 is 4.74 Å². The molecule has 0 atom stereocenters. The Morgan fingerprint density at radius 3 is 2.30 bits per heavy atom. The Balaban J connectivity index is 2.60. The van der Waals surface area contributed by atoms with E-state index in [2.05, 4.69) is 13.2 Å². The van der Waals surface area contributed by atoms with E-state index in [0.29, 0.717) is 0 Å². The SMILES string of the molecule is C=CC1(C=C)CCCOC1. The van der Waals surface area contributed by atoms with Crippen LogP contribution in [0.15, 0.2) is 25.3 Å². The second kappa shape index (κ2) is 3.02. The lowest BCUT2D eigenvalue weighted by molar-refractivity contribution is 0.0409. The predicted molar refractivity (Wildman–Crippen MR) is 42.9 cm³/mol. The van der Waals surface area contributed by atoms with Gasteiger partial charge in [-0.05, 0) is 12.8 Å². The molecule has 0 aromatic carbocycles. The van der Waals surface area contributed by atoms with Crippen molar-refractivity contribution in [1.82, 2.24) is 0 Å². The summed E-state index contributed by atoms with van der Waals surface area (Å²) >= 11 is 0. The number of hydrogen-bond donors (Lipinski definition) is 0. The van der Waals surface area contributed by atoms with Gasteiger partial charge < -0.3 is 4.74 Å². The van der Waals surface area contributed by atoms with Crippen LogP contribution in [0, 0.1) is 5.41 Å². The lowest BCUT2D eigenvalue weighted by atomic mass is 9.83. The Kier molecular flexibility index (Phi) is 2.28. The maximum Gasteiger partial charge on any atom is 0.0591 e. The van der Waals surface area contributed by atoms with Crippen molar-refractivity contribution in [2.45, 2.75) is 12.8 Å². The van der Waals surface area contributed by atoms with E-state index in [1.54, 1.807) is 0 Å². The molecule has 0 radical (unpaired) electrons. The Labute approximate surface area is 62.4 Å². The highest BCUT2D eigenvalue weighted by atomic mass is 16.5. The highest BCUT2D eigenvalue weighted by molar-refractivity contribution is 5.07. The van der Waals surface area contributed by atoms with Gasteiger partial charge in [0.05, 0.1) is 6.61 Å². The smallest absolute Gasteiger partial charge is 0.0591 e. The van der Waals surface area contributed by atoms with Crippen molar-refractivity contribution in [2.24, 2.45) is 5.41 Å². The van der Waals surface area contributed by atoms with Gasteiger partial charge in [0.2, 0.25) is 0 Å². The third kappa shape index (κ3) is 1.29. The summed E-state index contributed by atoms with van der Waals surface area (Å²) in [5.74, 6) is 0. The molecule has 1 saturated heterocycles. The van der Waals surface area contributed by atoms with Crippen LogP contribution >= 0.6 is 0 Å². The first-order chi connectivity index (χ1) is 4.83. The van der Waals surface area contributed by atoms with Gasteiger partial charge in [-0.15, -0.1) is 13.2 Å². The molecule has 1 nitrogen and oxygen atoms in total. The Morgan fingerprint density at radius 2 is 2.00 bits per heavy atom. The molecule has 0 aromatic heterocycles. The van der Waals surface area contributed by atoms with Gasteiger partial charge in [-0.1, -0.05) is 12.2 Å². The monoisotopic (exact) mass is 138 g/mol. The zero-order valence-corrected chi connectivity index (χ0v) is 6.31. The number of rotatable bonds is 2. The summed E-state index contributed by atoms with van der Waals surface area (Å²) in [4.78, 5) is 0. The molecule has 0 N–H and O–H groups in total. The normalized spacial score (nSPS) is 23.6. The van der Waals surface area contributed by atoms with E-state index >= 15 is 0 Å². The molecular formula is C9H14O. The molecule has 1 aliphatic heterocycles. The van der Waals surface area contributed by atoms with Crippen LogP contribution in [0.3, 0.4) is 0 Å². The van der Waals surface area contributed by atoms with Gasteiger partial charge in [-0.25, -0.2) is 0 Å². The van der Waals surface area contributed by atoms with Crippen molar-refractivity contribution in [3.8, 4) is 0 Å². The van der Waals surface area contributed by atoms with Crippen LogP contribution in [0.25, 0.3) is 0 Å². The van der Waals surface area contributed by atoms with E-state index in [4.69, 9.17) is 4.74 Å². The molecule has 0 bridgehead atoms. The molecule has 0 aliphatic carbocycles. The maximum atomic E-state index is 5.32. The molecule has 1 aliphatic rings. The van der Waals surface area contributed by atoms with Gasteiger partial charge in [0.1, 0.15) is 0 Å². The van der Waals surface area contributed by atoms with Crippen molar-refractivity contribution in [3.63, 3.8) is 0 Å². The van der Waals surface area contributed by atoms with Gasteiger partial charge in [-0.2, -0.15) is 0 Å². The van der Waals surface area contributed by atoms with Gasteiger partial charge in [0.25, 0.3) is 0 Å². The third-order valence-corrected chi connectivity index (χ3v) is 2.11. The molecule has 10 heavy (non-hydrogen) atoms. The molecule has 0 amide bonds. The fourth-order valence-electron chi connectivity index (χ4n) is 1.24. The van der Waals surface area contributed by atoms with Crippen LogP contribution in [0.2, 0.25) is 0 Å². The zero-order chi connectivity index (χ0) is 7.45. The van der Waals surface area contributed by atoms with E-state index in [1.165, 1.54) is 0 Å². The second-order valence-corrected chi connectivity index (χ2v) is 2.80. The highest BCUT2D eigenvalue weighted by Gasteiger charge is 2.25. The van der Waals surface area contributed by atoms with Crippen molar-refractivity contribution in [3.05, 3.63) is 25.3 Å². The van der Waals surface area contributed by atoms with Gasteiger partial charge >= 0.3 is 0 Å². The lowest BCUT2D eigenvalue weighted by Crippen LogP contribution is -2.27. The van der Waals surface area contributed by atoms with Crippen LogP contribution in [-0.2, 0) is 4.74 Å². The molecule has 0 saturated carbocycles. The van der Waals surface area contributed by atoms with Gasteiger partial charge in [0, 0.05) is 12.0 Å². The standard InChI is InChI=1S/C9H14O/c1-3-9(4-2)6-5-7-10-8-9/h3-4H,1-2,5-8H2. The van der Waals surface area contributed by atoms with Crippen molar-refractivity contribution in [1.29, 1.82) is 0 Å². The minimum Gasteiger partial charge on any atom is -0.380 e. The summed E-state index contributed by atoms with van der Waals surface area (Å²) in [6, 6.07) is 0. The van der Waals surface area contributed by atoms with Crippen LogP contribution in [0.5, 0.6) is 0 Å². The van der Waals surface area contributed by atoms with E-state index < -0.39 is 0 Å². The van der Waals surface area contributed by atoms with E-state index in [1.807, 2.05) is 12.2 Å². The molecule has 1 fully saturated rings. The number of hydrogen-bond acceptors (Lipinski definition) is 1. The second-order valence-electron chi connectivity index (χ2n) is 2.80. The molecule has 0 unspecified atom stereocenters. The van der Waals surface area contributed by atoms with Crippen molar-refractivity contribution in [2.75, 3.05) is 13.2 Å². The first kappa shape index (κ1) is 7.55. The molecule has 1 heterocycles. The molecular weight excluding hydrogens is 124 g/mol. The van der Waals surface area contributed by atoms with Crippen molar-refractivity contribution >= 4 is 0 Å². The summed E-state index contributed by atoms with van der Waals surface area (Å²) in [6.45, 7) is 9.21. The lowest BCUT2D eigenvalue weighted by Gasteiger charge is -2.30. The van der Waals surface area contributed by atoms with E-state index in [-0.39, 0.29) is 5.41 Å². The van der Waals surface area contributed by atoms with Crippen LogP contribution in [0.4, 0.5) is 0 Å². The molecule has 1 rings (SSSR count). The summed E-state index contributed by atoms with van der Waals surface area (Å²) < 4.78 is 5.32. The van der Waals surface area contributed by atoms with Gasteiger partial charge in [0.15, 0.2) is 0 Å². The molecule has 0 aromatic rings. The average Bonchev–Trinajstić information content (AvgIpc) is 2.06. The molecule has 0 spiro atoms. The zero-order valence-electron chi connectivity index (χ0n) is 6.31. The Hall–Kier alpha value is -0.560. The van der Waals surface area contributed by atoms with E-state index in [9.17, 15) is 0 Å². The van der Waals surface area contributed by atoms with Crippen LogP contribution < -0.4 is 0 Å². The summed E-state index contributed by atoms with van der Waals surface area (Å²) in [5, 5.41) is 0. The van der Waals surface area contributed by atoms with E-state index in [0.717, 1.165) is 26.1 Å². The largest absolute Gasteiger partial charge is 0.380 e. The van der Waals surface area contributed by atoms with Crippen LogP contribution in [0.1, 0.15) is 12.8 Å². The minimum atomic E-state index is 0.0677. The molecule has 1 heteroatoms. The first-order valence-corrected chi connectivity index (χ1v) is 3.68. The fourth-order valence-corrected chi connectivity index (χ4v) is 1.24. The average molecular weight is 138 g/mol. The Bertz CT molecular complexity index is 122. The summed E-state index contributed by atoms with van der Waals surface area (Å²) in [6.07, 6.45) is 6.15. The van der Waals surface area contributed by atoms with Crippen LogP contribution in [-0.4, -0.2) is 13.2 Å². The fraction of sp³-hybridized carbons (Fsp3) is 0.556. The molecule has 56 valence electrons. The summed E-state index contributed by atoms with van der Waals surface area (Å²) in [7, 11) is 0. The highest BCUT2D eigenvalue weighted by Crippen LogP contribution is 2.30. The maximum absolute atomic E-state index is 5.32. The predicted octanol–water partition coefficient (Wildman–Crippen LogP) is 2.16. The minimum absolute atomic E-state index is 0.0677. The van der Waals surface area contributed by atoms with Gasteiger partial charge in [-0.3, -0.25) is 0 Å². The summed E-state index contributed by atoms with van der Waals surface area (Å²) in [5.41, 5.74) is 0.0677. The topological polar surface area (TPSA) is 9.23 Å². The quantitative estimate of drug-likeness (QED) is 0.531. The third-order valence-electron chi connectivity index (χ3n) is 2.11.